The lowest BCUT2D eigenvalue weighted by Crippen LogP contribution is -2.50. The highest BCUT2D eigenvalue weighted by atomic mass is 16.5. The number of aromatic nitrogens is 2. The molecule has 0 saturated carbocycles. The van der Waals surface area contributed by atoms with E-state index in [1.807, 2.05) is 36.4 Å². The van der Waals surface area contributed by atoms with Crippen molar-refractivity contribution in [1.82, 2.24) is 15.0 Å². The van der Waals surface area contributed by atoms with E-state index in [0.29, 0.717) is 42.7 Å². The first-order valence-corrected chi connectivity index (χ1v) is 9.66. The monoisotopic (exact) mass is 409 g/mol. The van der Waals surface area contributed by atoms with Crippen LogP contribution in [0.15, 0.2) is 53.1 Å². The van der Waals surface area contributed by atoms with Crippen LogP contribution in [0.1, 0.15) is 23.2 Å². The van der Waals surface area contributed by atoms with Crippen molar-refractivity contribution in [2.75, 3.05) is 33.9 Å². The predicted molar refractivity (Wildman–Crippen MR) is 108 cm³/mol. The van der Waals surface area contributed by atoms with E-state index in [2.05, 4.69) is 10.1 Å². The van der Waals surface area contributed by atoms with Crippen LogP contribution >= 0.6 is 0 Å². The standard InChI is InChI=1S/C22H23N3O5/c1-27-17-8-4-3-7-15(17)11-20-23-22(30-24-20)16-12-25(13-16)21(26)14-29-19-10-6-5-9-18(19)28-2/h3-10,16H,11-14H2,1-2H3. The second kappa shape index (κ2) is 8.86. The van der Waals surface area contributed by atoms with Crippen molar-refractivity contribution in [3.05, 3.63) is 65.8 Å². The Balaban J connectivity index is 1.29. The van der Waals surface area contributed by atoms with Crippen LogP contribution in [0.3, 0.4) is 0 Å². The highest BCUT2D eigenvalue weighted by Gasteiger charge is 2.35. The Morgan fingerprint density at radius 2 is 1.70 bits per heavy atom. The van der Waals surface area contributed by atoms with Gasteiger partial charge in [-0.15, -0.1) is 0 Å². The van der Waals surface area contributed by atoms with Gasteiger partial charge in [0, 0.05) is 25.1 Å². The minimum Gasteiger partial charge on any atom is -0.496 e. The molecule has 156 valence electrons. The summed E-state index contributed by atoms with van der Waals surface area (Å²) in [4.78, 5) is 18.6. The maximum Gasteiger partial charge on any atom is 0.260 e. The van der Waals surface area contributed by atoms with Crippen molar-refractivity contribution in [2.24, 2.45) is 0 Å². The summed E-state index contributed by atoms with van der Waals surface area (Å²) in [5.41, 5.74) is 0.992. The van der Waals surface area contributed by atoms with E-state index in [0.717, 1.165) is 11.3 Å². The minimum atomic E-state index is -0.0917. The summed E-state index contributed by atoms with van der Waals surface area (Å²) in [5.74, 6) is 3.03. The number of hydrogen-bond donors (Lipinski definition) is 0. The van der Waals surface area contributed by atoms with Crippen molar-refractivity contribution in [3.63, 3.8) is 0 Å². The van der Waals surface area contributed by atoms with E-state index >= 15 is 0 Å². The summed E-state index contributed by atoms with van der Waals surface area (Å²) in [6.45, 7) is 1.02. The molecule has 3 aromatic rings. The van der Waals surface area contributed by atoms with E-state index < -0.39 is 0 Å². The molecule has 2 heterocycles. The lowest BCUT2D eigenvalue weighted by Gasteiger charge is -2.36. The molecule has 8 heteroatoms. The van der Waals surface area contributed by atoms with Crippen LogP contribution in [-0.4, -0.2) is 54.9 Å². The quantitative estimate of drug-likeness (QED) is 0.565. The molecule has 4 rings (SSSR count). The fourth-order valence-corrected chi connectivity index (χ4v) is 3.33. The summed E-state index contributed by atoms with van der Waals surface area (Å²) >= 11 is 0. The molecule has 1 aliphatic rings. The molecule has 0 unspecified atom stereocenters. The Hall–Kier alpha value is -3.55. The molecule has 8 nitrogen and oxygen atoms in total. The van der Waals surface area contributed by atoms with E-state index in [1.165, 1.54) is 0 Å². The third kappa shape index (κ3) is 4.22. The number of nitrogens with zero attached hydrogens (tertiary/aromatic N) is 3. The summed E-state index contributed by atoms with van der Waals surface area (Å²) in [7, 11) is 3.20. The average Bonchev–Trinajstić information content (AvgIpc) is 3.19. The van der Waals surface area contributed by atoms with E-state index in [4.69, 9.17) is 18.7 Å². The van der Waals surface area contributed by atoms with Gasteiger partial charge in [-0.05, 0) is 18.2 Å². The van der Waals surface area contributed by atoms with Crippen LogP contribution in [-0.2, 0) is 11.2 Å². The van der Waals surface area contributed by atoms with Gasteiger partial charge in [0.2, 0.25) is 5.89 Å². The SMILES string of the molecule is COc1ccccc1Cc1noc(C2CN(C(=O)COc3ccccc3OC)C2)n1. The van der Waals surface area contributed by atoms with Crippen molar-refractivity contribution < 1.29 is 23.5 Å². The van der Waals surface area contributed by atoms with Gasteiger partial charge < -0.3 is 23.6 Å². The Morgan fingerprint density at radius 3 is 2.43 bits per heavy atom. The normalized spacial score (nSPS) is 13.6. The van der Waals surface area contributed by atoms with Gasteiger partial charge in [-0.1, -0.05) is 35.5 Å². The molecular weight excluding hydrogens is 386 g/mol. The van der Waals surface area contributed by atoms with E-state index in [9.17, 15) is 4.79 Å². The van der Waals surface area contributed by atoms with Gasteiger partial charge in [0.05, 0.1) is 20.1 Å². The van der Waals surface area contributed by atoms with Gasteiger partial charge in [0.15, 0.2) is 23.9 Å². The lowest BCUT2D eigenvalue weighted by atomic mass is 10.0. The molecule has 0 aliphatic carbocycles. The van der Waals surface area contributed by atoms with Crippen molar-refractivity contribution in [3.8, 4) is 17.2 Å². The van der Waals surface area contributed by atoms with E-state index in [-0.39, 0.29) is 18.4 Å². The Bertz CT molecular complexity index is 1010. The highest BCUT2D eigenvalue weighted by Crippen LogP contribution is 2.28. The third-order valence-electron chi connectivity index (χ3n) is 5.03. The van der Waals surface area contributed by atoms with Gasteiger partial charge in [-0.2, -0.15) is 4.98 Å². The number of carbonyl (C=O) groups excluding carboxylic acids is 1. The van der Waals surface area contributed by atoms with Crippen molar-refractivity contribution in [1.29, 1.82) is 0 Å². The molecule has 30 heavy (non-hydrogen) atoms. The summed E-state index contributed by atoms with van der Waals surface area (Å²) < 4.78 is 21.6. The number of ether oxygens (including phenoxy) is 3. The number of para-hydroxylation sites is 3. The first-order chi connectivity index (χ1) is 14.7. The van der Waals surface area contributed by atoms with Gasteiger partial charge in [-0.3, -0.25) is 4.79 Å². The number of amides is 1. The predicted octanol–water partition coefficient (Wildman–Crippen LogP) is 2.68. The lowest BCUT2D eigenvalue weighted by molar-refractivity contribution is -0.138. The summed E-state index contributed by atoms with van der Waals surface area (Å²) in [5, 5.41) is 4.07. The number of carbonyl (C=O) groups is 1. The smallest absolute Gasteiger partial charge is 0.260 e. The molecule has 0 N–H and O–H groups in total. The average molecular weight is 409 g/mol. The molecular formula is C22H23N3O5. The van der Waals surface area contributed by atoms with Crippen LogP contribution in [0, 0.1) is 0 Å². The Kier molecular flexibility index (Phi) is 5.83. The number of methoxy groups -OCH3 is 2. The van der Waals surface area contributed by atoms with Crippen LogP contribution in [0.5, 0.6) is 17.2 Å². The van der Waals surface area contributed by atoms with Crippen LogP contribution < -0.4 is 14.2 Å². The number of hydrogen-bond acceptors (Lipinski definition) is 7. The molecule has 0 bridgehead atoms. The zero-order valence-electron chi connectivity index (χ0n) is 16.9. The minimum absolute atomic E-state index is 0.0409. The molecule has 1 amide bonds. The molecule has 1 aliphatic heterocycles. The van der Waals surface area contributed by atoms with E-state index in [1.54, 1.807) is 31.3 Å². The zero-order valence-corrected chi connectivity index (χ0v) is 16.9. The van der Waals surface area contributed by atoms with Gasteiger partial charge in [0.1, 0.15) is 5.75 Å². The van der Waals surface area contributed by atoms with Gasteiger partial charge >= 0.3 is 0 Å². The largest absolute Gasteiger partial charge is 0.496 e. The zero-order chi connectivity index (χ0) is 20.9. The molecule has 0 radical (unpaired) electrons. The maximum absolute atomic E-state index is 12.4. The van der Waals surface area contributed by atoms with Gasteiger partial charge in [0.25, 0.3) is 5.91 Å². The first kappa shape index (κ1) is 19.8. The Morgan fingerprint density at radius 1 is 1.03 bits per heavy atom. The van der Waals surface area contributed by atoms with Crippen LogP contribution in [0.25, 0.3) is 0 Å². The number of likely N-dealkylation sites (tertiary alicyclic amines) is 1. The second-order valence-corrected chi connectivity index (χ2v) is 6.97. The summed E-state index contributed by atoms with van der Waals surface area (Å²) in [6.07, 6.45) is 0.523. The highest BCUT2D eigenvalue weighted by molar-refractivity contribution is 5.79. The Labute approximate surface area is 174 Å². The van der Waals surface area contributed by atoms with Gasteiger partial charge in [-0.25, -0.2) is 0 Å². The molecule has 1 fully saturated rings. The molecule has 2 aromatic carbocycles. The molecule has 1 saturated heterocycles. The fourth-order valence-electron chi connectivity index (χ4n) is 3.33. The third-order valence-corrected chi connectivity index (χ3v) is 5.03. The molecule has 0 atom stereocenters. The maximum atomic E-state index is 12.4. The second-order valence-electron chi connectivity index (χ2n) is 6.97. The molecule has 0 spiro atoms. The van der Waals surface area contributed by atoms with Crippen molar-refractivity contribution >= 4 is 5.91 Å². The molecule has 1 aromatic heterocycles. The number of benzene rings is 2. The fraction of sp³-hybridized carbons (Fsp3) is 0.318. The van der Waals surface area contributed by atoms with Crippen LogP contribution in [0.2, 0.25) is 0 Å². The topological polar surface area (TPSA) is 86.9 Å². The van der Waals surface area contributed by atoms with Crippen molar-refractivity contribution in [2.45, 2.75) is 12.3 Å². The number of rotatable bonds is 8. The first-order valence-electron chi connectivity index (χ1n) is 9.66. The van der Waals surface area contributed by atoms with Crippen LogP contribution in [0.4, 0.5) is 0 Å². The summed E-state index contributed by atoms with van der Waals surface area (Å²) in [6, 6.07) is 15.0.